The minimum Gasteiger partial charge on any atom is -0.492 e. The minimum atomic E-state index is -0.0922. The molecule has 23 heavy (non-hydrogen) atoms. The maximum atomic E-state index is 12.1. The number of nitrogens with zero attached hydrogens (tertiary/aromatic N) is 2. The van der Waals surface area contributed by atoms with Crippen LogP contribution in [-0.2, 0) is 9.59 Å². The molecule has 0 atom stereocenters. The van der Waals surface area contributed by atoms with Crippen LogP contribution in [-0.4, -0.2) is 68.0 Å². The molecule has 1 heterocycles. The van der Waals surface area contributed by atoms with Crippen LogP contribution >= 0.6 is 0 Å². The van der Waals surface area contributed by atoms with Gasteiger partial charge < -0.3 is 15.0 Å². The molecule has 0 unspecified atom stereocenters. The second-order valence-corrected chi connectivity index (χ2v) is 6.07. The van der Waals surface area contributed by atoms with Crippen molar-refractivity contribution in [1.29, 1.82) is 0 Å². The molecular formula is C17H25N3O3. The average Bonchev–Trinajstić information content (AvgIpc) is 2.46. The summed E-state index contributed by atoms with van der Waals surface area (Å²) >= 11 is 0. The fourth-order valence-electron chi connectivity index (χ4n) is 2.60. The number of hydrogen-bond acceptors (Lipinski definition) is 4. The first-order valence-corrected chi connectivity index (χ1v) is 7.88. The SMILES string of the molecule is Cc1cc(C)cc(OCCN(C)CC(=O)N2CCNC(=O)C2)c1. The Bertz CT molecular complexity index is 554. The van der Waals surface area contributed by atoms with E-state index in [2.05, 4.69) is 11.4 Å². The van der Waals surface area contributed by atoms with Crippen molar-refractivity contribution in [3.63, 3.8) is 0 Å². The van der Waals surface area contributed by atoms with E-state index in [-0.39, 0.29) is 18.4 Å². The van der Waals surface area contributed by atoms with E-state index in [1.54, 1.807) is 4.90 Å². The van der Waals surface area contributed by atoms with Crippen LogP contribution in [0.1, 0.15) is 11.1 Å². The van der Waals surface area contributed by atoms with Crippen molar-refractivity contribution >= 4 is 11.8 Å². The van der Waals surface area contributed by atoms with Gasteiger partial charge in [-0.1, -0.05) is 6.07 Å². The average molecular weight is 319 g/mol. The molecule has 126 valence electrons. The molecule has 2 amide bonds. The van der Waals surface area contributed by atoms with Crippen LogP contribution in [0.25, 0.3) is 0 Å². The number of rotatable bonds is 6. The van der Waals surface area contributed by atoms with Crippen LogP contribution in [0.5, 0.6) is 5.75 Å². The Morgan fingerprint density at radius 3 is 2.65 bits per heavy atom. The number of benzene rings is 1. The molecule has 1 fully saturated rings. The zero-order valence-electron chi connectivity index (χ0n) is 14.1. The van der Waals surface area contributed by atoms with Crippen LogP contribution in [0.4, 0.5) is 0 Å². The number of likely N-dealkylation sites (N-methyl/N-ethyl adjacent to an activating group) is 1. The van der Waals surface area contributed by atoms with E-state index < -0.39 is 0 Å². The summed E-state index contributed by atoms with van der Waals surface area (Å²) in [7, 11) is 1.88. The lowest BCUT2D eigenvalue weighted by Crippen LogP contribution is -2.52. The molecule has 0 aliphatic carbocycles. The highest BCUT2D eigenvalue weighted by Gasteiger charge is 2.21. The molecule has 0 bridgehead atoms. The first kappa shape index (κ1) is 17.3. The third kappa shape index (κ3) is 5.56. The highest BCUT2D eigenvalue weighted by Crippen LogP contribution is 2.15. The number of carbonyl (C=O) groups excluding carboxylic acids is 2. The Labute approximate surface area is 137 Å². The fourth-order valence-corrected chi connectivity index (χ4v) is 2.60. The molecule has 0 spiro atoms. The summed E-state index contributed by atoms with van der Waals surface area (Å²) in [5.74, 6) is 0.745. The van der Waals surface area contributed by atoms with Crippen LogP contribution < -0.4 is 10.1 Å². The molecule has 6 nitrogen and oxygen atoms in total. The zero-order valence-corrected chi connectivity index (χ0v) is 14.1. The Hall–Kier alpha value is -2.08. The molecule has 1 aromatic carbocycles. The number of ether oxygens (including phenoxy) is 1. The largest absolute Gasteiger partial charge is 0.492 e. The summed E-state index contributed by atoms with van der Waals surface area (Å²) in [6.07, 6.45) is 0. The fraction of sp³-hybridized carbons (Fsp3) is 0.529. The van der Waals surface area contributed by atoms with E-state index >= 15 is 0 Å². The Balaban J connectivity index is 1.73. The van der Waals surface area contributed by atoms with E-state index in [1.165, 1.54) is 11.1 Å². The van der Waals surface area contributed by atoms with Crippen molar-refractivity contribution in [1.82, 2.24) is 15.1 Å². The predicted molar refractivity (Wildman–Crippen MR) is 88.5 cm³/mol. The Kier molecular flexibility index (Phi) is 5.98. The number of hydrogen-bond donors (Lipinski definition) is 1. The molecule has 0 saturated carbocycles. The maximum Gasteiger partial charge on any atom is 0.239 e. The predicted octanol–water partition coefficient (Wildman–Crippen LogP) is 0.572. The summed E-state index contributed by atoms with van der Waals surface area (Å²) in [6.45, 7) is 6.82. The topological polar surface area (TPSA) is 61.9 Å². The van der Waals surface area contributed by atoms with Gasteiger partial charge >= 0.3 is 0 Å². The number of carbonyl (C=O) groups is 2. The molecule has 0 radical (unpaired) electrons. The third-order valence-corrected chi connectivity index (χ3v) is 3.73. The standard InChI is InChI=1S/C17H25N3O3/c1-13-8-14(2)10-15(9-13)23-7-6-19(3)12-17(22)20-5-4-18-16(21)11-20/h8-10H,4-7,11-12H2,1-3H3,(H,18,21). The second-order valence-electron chi connectivity index (χ2n) is 6.07. The molecule has 1 aromatic rings. The number of piperazine rings is 1. The summed E-state index contributed by atoms with van der Waals surface area (Å²) in [5.41, 5.74) is 2.35. The monoisotopic (exact) mass is 319 g/mol. The van der Waals surface area contributed by atoms with Gasteiger partial charge in [-0.15, -0.1) is 0 Å². The first-order chi connectivity index (χ1) is 10.9. The van der Waals surface area contributed by atoms with Crippen LogP contribution in [0.2, 0.25) is 0 Å². The van der Waals surface area contributed by atoms with E-state index in [9.17, 15) is 9.59 Å². The summed E-state index contributed by atoms with van der Waals surface area (Å²) in [5, 5.41) is 2.72. The first-order valence-electron chi connectivity index (χ1n) is 7.88. The number of aryl methyl sites for hydroxylation is 2. The van der Waals surface area contributed by atoms with Crippen molar-refractivity contribution in [2.45, 2.75) is 13.8 Å². The normalized spacial score (nSPS) is 14.8. The van der Waals surface area contributed by atoms with Crippen molar-refractivity contribution < 1.29 is 14.3 Å². The van der Waals surface area contributed by atoms with Gasteiger partial charge in [0.05, 0.1) is 13.1 Å². The molecule has 1 N–H and O–H groups in total. The lowest BCUT2D eigenvalue weighted by molar-refractivity contribution is -0.138. The molecule has 0 aromatic heterocycles. The molecule has 1 aliphatic heterocycles. The van der Waals surface area contributed by atoms with Gasteiger partial charge in [0.1, 0.15) is 12.4 Å². The minimum absolute atomic E-state index is 0.0197. The molecular weight excluding hydrogens is 294 g/mol. The van der Waals surface area contributed by atoms with Crippen molar-refractivity contribution in [2.75, 3.05) is 46.4 Å². The van der Waals surface area contributed by atoms with E-state index in [0.29, 0.717) is 32.8 Å². The lowest BCUT2D eigenvalue weighted by Gasteiger charge is -2.28. The van der Waals surface area contributed by atoms with E-state index in [0.717, 1.165) is 5.75 Å². The van der Waals surface area contributed by atoms with Crippen LogP contribution in [0.15, 0.2) is 18.2 Å². The molecule has 6 heteroatoms. The highest BCUT2D eigenvalue weighted by atomic mass is 16.5. The van der Waals surface area contributed by atoms with Crippen molar-refractivity contribution in [3.8, 4) is 5.75 Å². The summed E-state index contributed by atoms with van der Waals surface area (Å²) in [6, 6.07) is 6.11. The third-order valence-electron chi connectivity index (χ3n) is 3.73. The van der Waals surface area contributed by atoms with Gasteiger partial charge in [-0.2, -0.15) is 0 Å². The van der Waals surface area contributed by atoms with Gasteiger partial charge in [0.15, 0.2) is 0 Å². The smallest absolute Gasteiger partial charge is 0.239 e. The van der Waals surface area contributed by atoms with Gasteiger partial charge in [-0.25, -0.2) is 0 Å². The molecule has 1 saturated heterocycles. The van der Waals surface area contributed by atoms with Crippen molar-refractivity contribution in [2.24, 2.45) is 0 Å². The number of amides is 2. The van der Waals surface area contributed by atoms with Crippen LogP contribution in [0.3, 0.4) is 0 Å². The maximum absolute atomic E-state index is 12.1. The number of nitrogens with one attached hydrogen (secondary N) is 1. The quantitative estimate of drug-likeness (QED) is 0.833. The van der Waals surface area contributed by atoms with Crippen molar-refractivity contribution in [3.05, 3.63) is 29.3 Å². The van der Waals surface area contributed by atoms with E-state index in [1.807, 2.05) is 37.9 Å². The van der Waals surface area contributed by atoms with E-state index in [4.69, 9.17) is 4.74 Å². The zero-order chi connectivity index (χ0) is 16.8. The van der Waals surface area contributed by atoms with Gasteiger partial charge in [0.2, 0.25) is 11.8 Å². The van der Waals surface area contributed by atoms with Gasteiger partial charge in [-0.3, -0.25) is 14.5 Å². The van der Waals surface area contributed by atoms with Gasteiger partial charge in [0, 0.05) is 19.6 Å². The van der Waals surface area contributed by atoms with Crippen LogP contribution in [0, 0.1) is 13.8 Å². The lowest BCUT2D eigenvalue weighted by atomic mass is 10.1. The second kappa shape index (κ2) is 7.97. The van der Waals surface area contributed by atoms with Gasteiger partial charge in [-0.05, 0) is 44.2 Å². The highest BCUT2D eigenvalue weighted by molar-refractivity contribution is 5.86. The van der Waals surface area contributed by atoms with Gasteiger partial charge in [0.25, 0.3) is 0 Å². The summed E-state index contributed by atoms with van der Waals surface area (Å²) < 4.78 is 5.75. The Morgan fingerprint density at radius 2 is 2.00 bits per heavy atom. The summed E-state index contributed by atoms with van der Waals surface area (Å²) in [4.78, 5) is 27.0. The Morgan fingerprint density at radius 1 is 1.30 bits per heavy atom. The molecule has 2 rings (SSSR count). The molecule has 1 aliphatic rings.